The second kappa shape index (κ2) is 19.2. The summed E-state index contributed by atoms with van der Waals surface area (Å²) in [6.07, 6.45) is 17.7. The van der Waals surface area contributed by atoms with Gasteiger partial charge in [-0.05, 0) is 26.2 Å². The third kappa shape index (κ3) is 19.6. The molecule has 0 fully saturated rings. The standard InChI is InChI=1S/C20H42O4S.Na/c1-3-4-17-20(21)18-15-13-11-9-7-5-6-8-10-12-14-16-19(2)25(22,23)24;/h19-21H,3-18H2,1-2H3,(H,22,23,24);/q;+1/p-1. The first kappa shape index (κ1) is 29.1. The summed E-state index contributed by atoms with van der Waals surface area (Å²) < 4.78 is 32.3. The Kier molecular flexibility index (Phi) is 21.5. The molecule has 0 radical (unpaired) electrons. The van der Waals surface area contributed by atoms with Crippen molar-refractivity contribution >= 4 is 10.1 Å². The number of aliphatic hydroxyl groups is 1. The summed E-state index contributed by atoms with van der Waals surface area (Å²) in [4.78, 5) is 0. The fourth-order valence-electron chi connectivity index (χ4n) is 3.13. The molecule has 0 aliphatic rings. The molecule has 0 aliphatic carbocycles. The van der Waals surface area contributed by atoms with Gasteiger partial charge in [0.05, 0.1) is 16.2 Å². The van der Waals surface area contributed by atoms with E-state index in [0.29, 0.717) is 6.42 Å². The minimum absolute atomic E-state index is 0. The van der Waals surface area contributed by atoms with E-state index in [1.54, 1.807) is 0 Å². The second-order valence-electron chi connectivity index (χ2n) is 7.57. The minimum Gasteiger partial charge on any atom is -0.748 e. The summed E-state index contributed by atoms with van der Waals surface area (Å²) in [6, 6.07) is 0. The number of hydrogen-bond donors (Lipinski definition) is 1. The van der Waals surface area contributed by atoms with E-state index in [1.807, 2.05) is 0 Å². The zero-order valence-electron chi connectivity index (χ0n) is 17.5. The first-order valence-electron chi connectivity index (χ1n) is 10.5. The molecule has 0 saturated heterocycles. The van der Waals surface area contributed by atoms with Crippen LogP contribution in [0.5, 0.6) is 0 Å². The molecule has 0 amide bonds. The van der Waals surface area contributed by atoms with Crippen molar-refractivity contribution in [1.29, 1.82) is 0 Å². The molecule has 2 unspecified atom stereocenters. The molecule has 4 nitrogen and oxygen atoms in total. The topological polar surface area (TPSA) is 77.4 Å². The fourth-order valence-corrected chi connectivity index (χ4v) is 3.59. The summed E-state index contributed by atoms with van der Waals surface area (Å²) in [5.74, 6) is 0. The van der Waals surface area contributed by atoms with Crippen LogP contribution in [0.1, 0.15) is 117 Å². The van der Waals surface area contributed by atoms with Crippen molar-refractivity contribution in [3.8, 4) is 0 Å². The van der Waals surface area contributed by atoms with E-state index in [9.17, 15) is 18.1 Å². The molecule has 0 bridgehead atoms. The molecule has 0 heterocycles. The van der Waals surface area contributed by atoms with Crippen LogP contribution in [0.15, 0.2) is 0 Å². The Hall–Kier alpha value is 0.870. The largest absolute Gasteiger partial charge is 1.00 e. The van der Waals surface area contributed by atoms with Crippen LogP contribution in [0.4, 0.5) is 0 Å². The van der Waals surface area contributed by atoms with E-state index in [1.165, 1.54) is 51.9 Å². The van der Waals surface area contributed by atoms with Gasteiger partial charge in [0, 0.05) is 5.25 Å². The van der Waals surface area contributed by atoms with E-state index in [2.05, 4.69) is 6.92 Å². The van der Waals surface area contributed by atoms with Crippen molar-refractivity contribution in [2.24, 2.45) is 0 Å². The van der Waals surface area contributed by atoms with Crippen LogP contribution in [-0.4, -0.2) is 29.4 Å². The van der Waals surface area contributed by atoms with Gasteiger partial charge in [0.1, 0.15) is 0 Å². The van der Waals surface area contributed by atoms with E-state index in [4.69, 9.17) is 0 Å². The van der Waals surface area contributed by atoms with E-state index < -0.39 is 15.4 Å². The van der Waals surface area contributed by atoms with E-state index >= 15 is 0 Å². The van der Waals surface area contributed by atoms with Crippen LogP contribution in [0.3, 0.4) is 0 Å². The number of unbranched alkanes of at least 4 members (excludes halogenated alkanes) is 11. The molecule has 0 spiro atoms. The van der Waals surface area contributed by atoms with Crippen LogP contribution in [-0.2, 0) is 10.1 Å². The molecule has 2 atom stereocenters. The van der Waals surface area contributed by atoms with Gasteiger partial charge in [-0.2, -0.15) is 0 Å². The third-order valence-electron chi connectivity index (χ3n) is 5.03. The molecule has 0 aliphatic heterocycles. The number of rotatable bonds is 18. The van der Waals surface area contributed by atoms with E-state index in [0.717, 1.165) is 51.4 Å². The molecule has 0 rings (SSSR count). The van der Waals surface area contributed by atoms with Gasteiger partial charge < -0.3 is 9.66 Å². The molecule has 152 valence electrons. The van der Waals surface area contributed by atoms with Crippen LogP contribution in [0.2, 0.25) is 0 Å². The third-order valence-corrected chi connectivity index (χ3v) is 6.25. The van der Waals surface area contributed by atoms with Crippen LogP contribution < -0.4 is 29.6 Å². The summed E-state index contributed by atoms with van der Waals surface area (Å²) >= 11 is 0. The predicted octanol–water partition coefficient (Wildman–Crippen LogP) is 2.55. The van der Waals surface area contributed by atoms with Crippen molar-refractivity contribution < 1.29 is 47.6 Å². The summed E-state index contributed by atoms with van der Waals surface area (Å²) in [5.41, 5.74) is 0. The zero-order valence-corrected chi connectivity index (χ0v) is 20.4. The Morgan fingerprint density at radius 2 is 1.08 bits per heavy atom. The van der Waals surface area contributed by atoms with Crippen LogP contribution in [0, 0.1) is 0 Å². The van der Waals surface area contributed by atoms with Crippen molar-refractivity contribution in [3.05, 3.63) is 0 Å². The normalized spacial score (nSPS) is 14.0. The van der Waals surface area contributed by atoms with Gasteiger partial charge in [-0.3, -0.25) is 0 Å². The Morgan fingerprint density at radius 3 is 1.46 bits per heavy atom. The Morgan fingerprint density at radius 1 is 0.731 bits per heavy atom. The molecule has 0 aromatic carbocycles. The Labute approximate surface area is 185 Å². The second-order valence-corrected chi connectivity index (χ2v) is 9.36. The van der Waals surface area contributed by atoms with Gasteiger partial charge in [-0.1, -0.05) is 90.4 Å². The van der Waals surface area contributed by atoms with Gasteiger partial charge in [0.2, 0.25) is 0 Å². The maximum absolute atomic E-state index is 10.8. The quantitative estimate of drug-likeness (QED) is 0.218. The minimum atomic E-state index is -4.09. The smallest absolute Gasteiger partial charge is 0.748 e. The molecule has 0 aromatic heterocycles. The average molecular weight is 401 g/mol. The van der Waals surface area contributed by atoms with Crippen molar-refractivity contribution in [2.75, 3.05) is 0 Å². The first-order valence-corrected chi connectivity index (χ1v) is 12.0. The first-order chi connectivity index (χ1) is 11.9. The van der Waals surface area contributed by atoms with Crippen LogP contribution in [0.25, 0.3) is 0 Å². The van der Waals surface area contributed by atoms with Crippen LogP contribution >= 0.6 is 0 Å². The summed E-state index contributed by atoms with van der Waals surface area (Å²) in [7, 11) is -4.09. The maximum Gasteiger partial charge on any atom is 1.00 e. The van der Waals surface area contributed by atoms with Gasteiger partial charge in [0.25, 0.3) is 0 Å². The van der Waals surface area contributed by atoms with Crippen molar-refractivity contribution in [3.63, 3.8) is 0 Å². The average Bonchev–Trinajstić information content (AvgIpc) is 2.55. The summed E-state index contributed by atoms with van der Waals surface area (Å²) in [6.45, 7) is 3.67. The monoisotopic (exact) mass is 400 g/mol. The van der Waals surface area contributed by atoms with Gasteiger partial charge in [0.15, 0.2) is 0 Å². The fraction of sp³-hybridized carbons (Fsp3) is 1.00. The molecule has 6 heteroatoms. The van der Waals surface area contributed by atoms with E-state index in [-0.39, 0.29) is 35.7 Å². The molecule has 26 heavy (non-hydrogen) atoms. The predicted molar refractivity (Wildman–Crippen MR) is 105 cm³/mol. The molecule has 1 N–H and O–H groups in total. The van der Waals surface area contributed by atoms with Gasteiger partial charge in [-0.25, -0.2) is 8.42 Å². The van der Waals surface area contributed by atoms with Crippen molar-refractivity contribution in [2.45, 2.75) is 128 Å². The zero-order chi connectivity index (χ0) is 19.0. The number of aliphatic hydroxyl groups excluding tert-OH is 1. The SMILES string of the molecule is CCCCC(O)CCCCCCCCCCCCCC(C)S(=O)(=O)[O-].[Na+]. The van der Waals surface area contributed by atoms with Crippen molar-refractivity contribution in [1.82, 2.24) is 0 Å². The van der Waals surface area contributed by atoms with Gasteiger partial charge in [-0.15, -0.1) is 0 Å². The summed E-state index contributed by atoms with van der Waals surface area (Å²) in [5, 5.41) is 9.03. The number of hydrogen-bond acceptors (Lipinski definition) is 4. The molecular weight excluding hydrogens is 359 g/mol. The molecule has 0 aromatic rings. The Bertz CT molecular complexity index is 387. The van der Waals surface area contributed by atoms with Gasteiger partial charge >= 0.3 is 29.6 Å². The maximum atomic E-state index is 10.8. The Balaban J connectivity index is 0. The molecular formula is C20H41NaO4S. The molecule has 0 saturated carbocycles.